The summed E-state index contributed by atoms with van der Waals surface area (Å²) in [7, 11) is 4.23. The van der Waals surface area contributed by atoms with Gasteiger partial charge in [-0.2, -0.15) is 10.2 Å². The lowest BCUT2D eigenvalue weighted by Gasteiger charge is -2.41. The molecule has 0 spiro atoms. The second kappa shape index (κ2) is 8.93. The Labute approximate surface area is 218 Å². The van der Waals surface area contributed by atoms with Crippen molar-refractivity contribution in [1.29, 1.82) is 0 Å². The van der Waals surface area contributed by atoms with E-state index in [4.69, 9.17) is 21.8 Å². The van der Waals surface area contributed by atoms with Crippen LogP contribution in [-0.2, 0) is 0 Å². The fourth-order valence-corrected chi connectivity index (χ4v) is 5.24. The van der Waals surface area contributed by atoms with E-state index in [2.05, 4.69) is 51.3 Å². The van der Waals surface area contributed by atoms with Gasteiger partial charge in [-0.25, -0.2) is 9.78 Å². The summed E-state index contributed by atoms with van der Waals surface area (Å²) in [6, 6.07) is 13.7. The predicted molar refractivity (Wildman–Crippen MR) is 148 cm³/mol. The van der Waals surface area contributed by atoms with Crippen molar-refractivity contribution in [2.45, 2.75) is 13.3 Å². The first-order valence-electron chi connectivity index (χ1n) is 12.3. The van der Waals surface area contributed by atoms with Crippen LogP contribution in [0, 0.1) is 12.8 Å². The Morgan fingerprint density at radius 1 is 1.16 bits per heavy atom. The molecule has 5 aromatic rings. The van der Waals surface area contributed by atoms with Crippen LogP contribution in [0.2, 0.25) is 5.02 Å². The Bertz CT molecular complexity index is 1680. The Kier molecular flexibility index (Phi) is 5.69. The average Bonchev–Trinajstić information content (AvgIpc) is 3.40. The maximum atomic E-state index is 12.7. The summed E-state index contributed by atoms with van der Waals surface area (Å²) in [6.45, 7) is 5.18. The van der Waals surface area contributed by atoms with Crippen molar-refractivity contribution in [2.75, 3.05) is 44.4 Å². The number of furan rings is 1. The Hall–Kier alpha value is -3.82. The number of nitrogen functional groups attached to an aromatic ring is 1. The number of anilines is 2. The van der Waals surface area contributed by atoms with E-state index >= 15 is 0 Å². The second-order valence-corrected chi connectivity index (χ2v) is 10.4. The molecule has 10 heteroatoms. The number of nitrogens with two attached hydrogens (primary N) is 1. The van der Waals surface area contributed by atoms with Gasteiger partial charge in [-0.1, -0.05) is 11.6 Å². The van der Waals surface area contributed by atoms with Crippen LogP contribution in [-0.4, -0.2) is 58.6 Å². The van der Waals surface area contributed by atoms with Gasteiger partial charge in [0.1, 0.15) is 11.3 Å². The van der Waals surface area contributed by atoms with Crippen LogP contribution < -0.4 is 16.2 Å². The number of aryl methyl sites for hydroxylation is 1. The molecule has 1 aliphatic heterocycles. The van der Waals surface area contributed by atoms with Crippen LogP contribution in [0.5, 0.6) is 0 Å². The number of fused-ring (bicyclic) bond motifs is 2. The summed E-state index contributed by atoms with van der Waals surface area (Å²) in [5.74, 6) is 1.46. The highest BCUT2D eigenvalue weighted by Crippen LogP contribution is 2.40. The highest BCUT2D eigenvalue weighted by atomic mass is 35.5. The maximum Gasteiger partial charge on any atom is 0.292 e. The van der Waals surface area contributed by atoms with E-state index in [0.29, 0.717) is 27.4 Å². The van der Waals surface area contributed by atoms with Gasteiger partial charge >= 0.3 is 0 Å². The molecule has 6 rings (SSSR count). The summed E-state index contributed by atoms with van der Waals surface area (Å²) in [5.41, 5.74) is 10.1. The molecule has 0 amide bonds. The summed E-state index contributed by atoms with van der Waals surface area (Å²) in [4.78, 5) is 17.3. The van der Waals surface area contributed by atoms with Crippen LogP contribution >= 0.6 is 11.6 Å². The predicted octanol–water partition coefficient (Wildman–Crippen LogP) is 4.45. The van der Waals surface area contributed by atoms with Crippen LogP contribution in [0.15, 0.2) is 51.7 Å². The number of benzene rings is 2. The van der Waals surface area contributed by atoms with Crippen molar-refractivity contribution in [2.24, 2.45) is 5.92 Å². The van der Waals surface area contributed by atoms with Crippen molar-refractivity contribution in [1.82, 2.24) is 24.9 Å². The van der Waals surface area contributed by atoms with Gasteiger partial charge in [-0.3, -0.25) is 4.79 Å². The lowest BCUT2D eigenvalue weighted by atomic mass is 9.95. The lowest BCUT2D eigenvalue weighted by molar-refractivity contribution is 0.312. The molecule has 0 radical (unpaired) electrons. The summed E-state index contributed by atoms with van der Waals surface area (Å²) < 4.78 is 7.99. The molecule has 0 saturated carbocycles. The van der Waals surface area contributed by atoms with Crippen molar-refractivity contribution in [3.63, 3.8) is 0 Å². The molecule has 37 heavy (non-hydrogen) atoms. The molecule has 3 N–H and O–H groups in total. The molecule has 0 bridgehead atoms. The van der Waals surface area contributed by atoms with Gasteiger partial charge in [0.15, 0.2) is 17.1 Å². The lowest BCUT2D eigenvalue weighted by Crippen LogP contribution is -2.47. The standard InChI is InChI=1S/C27H28ClN7O2/c1-15-20-12-17(28)4-9-21(20)37-25(15)24-22-23(27(36)31-30-26(22)29)32-35(24)19-7-5-18(6-8-19)34-13-16(14-34)10-11-33(2)3/h4-9,12,16H,10-11,13-14H2,1-3H3,(H2,29,30)(H,31,36). The third-order valence-corrected chi connectivity index (χ3v) is 7.38. The summed E-state index contributed by atoms with van der Waals surface area (Å²) in [6.07, 6.45) is 1.21. The van der Waals surface area contributed by atoms with Gasteiger partial charge in [0.25, 0.3) is 5.56 Å². The molecule has 3 aromatic heterocycles. The fraction of sp³-hybridized carbons (Fsp3) is 0.296. The smallest absolute Gasteiger partial charge is 0.292 e. The molecule has 190 valence electrons. The number of nitrogens with zero attached hydrogens (tertiary/aromatic N) is 5. The number of H-pyrrole nitrogens is 1. The van der Waals surface area contributed by atoms with E-state index < -0.39 is 5.56 Å². The molecule has 0 unspecified atom stereocenters. The first kappa shape index (κ1) is 23.6. The monoisotopic (exact) mass is 517 g/mol. The van der Waals surface area contributed by atoms with E-state index in [1.165, 1.54) is 6.42 Å². The first-order valence-corrected chi connectivity index (χ1v) is 12.6. The minimum Gasteiger partial charge on any atom is -0.454 e. The van der Waals surface area contributed by atoms with Crippen molar-refractivity contribution in [3.05, 3.63) is 63.4 Å². The van der Waals surface area contributed by atoms with Crippen LogP contribution in [0.4, 0.5) is 11.5 Å². The van der Waals surface area contributed by atoms with Crippen molar-refractivity contribution in [3.8, 4) is 17.1 Å². The van der Waals surface area contributed by atoms with Crippen LogP contribution in [0.1, 0.15) is 12.0 Å². The minimum atomic E-state index is -0.415. The SMILES string of the molecule is Cc1c(-c2c3c(N)n[nH]c(=O)c3nn2-c2ccc(N3CC(CCN(C)C)C3)cc2)oc2ccc(Cl)cc12. The normalized spacial score (nSPS) is 14.2. The number of hydrogen-bond acceptors (Lipinski definition) is 7. The molecule has 2 aromatic carbocycles. The third kappa shape index (κ3) is 4.04. The molecule has 1 fully saturated rings. The van der Waals surface area contributed by atoms with Gasteiger partial charge in [0, 0.05) is 34.7 Å². The highest BCUT2D eigenvalue weighted by Gasteiger charge is 2.28. The van der Waals surface area contributed by atoms with E-state index in [0.717, 1.165) is 47.9 Å². The number of aromatic amines is 1. The Morgan fingerprint density at radius 3 is 2.62 bits per heavy atom. The number of hydrogen-bond donors (Lipinski definition) is 2. The molecule has 1 saturated heterocycles. The molecule has 0 atom stereocenters. The van der Waals surface area contributed by atoms with Crippen LogP contribution in [0.25, 0.3) is 39.0 Å². The van der Waals surface area contributed by atoms with Crippen molar-refractivity contribution < 1.29 is 4.42 Å². The van der Waals surface area contributed by atoms with Gasteiger partial charge in [0.2, 0.25) is 0 Å². The number of rotatable bonds is 6. The van der Waals surface area contributed by atoms with Gasteiger partial charge in [-0.15, -0.1) is 0 Å². The molecular formula is C27H28ClN7O2. The zero-order valence-corrected chi connectivity index (χ0v) is 21.7. The minimum absolute atomic E-state index is 0.176. The van der Waals surface area contributed by atoms with Gasteiger partial charge < -0.3 is 20.0 Å². The zero-order valence-electron chi connectivity index (χ0n) is 21.0. The molecular weight excluding hydrogens is 490 g/mol. The zero-order chi connectivity index (χ0) is 25.8. The molecule has 9 nitrogen and oxygen atoms in total. The molecule has 0 aliphatic carbocycles. The maximum absolute atomic E-state index is 12.7. The summed E-state index contributed by atoms with van der Waals surface area (Å²) >= 11 is 6.25. The number of nitrogens with one attached hydrogen (secondary N) is 1. The van der Waals surface area contributed by atoms with Gasteiger partial charge in [0.05, 0.1) is 11.1 Å². The van der Waals surface area contributed by atoms with E-state index in [1.807, 2.05) is 31.2 Å². The van der Waals surface area contributed by atoms with Crippen LogP contribution in [0.3, 0.4) is 0 Å². The van der Waals surface area contributed by atoms with Crippen molar-refractivity contribution >= 4 is 45.0 Å². The first-order chi connectivity index (χ1) is 17.8. The van der Waals surface area contributed by atoms with E-state index in [1.54, 1.807) is 10.7 Å². The average molecular weight is 518 g/mol. The quantitative estimate of drug-likeness (QED) is 0.342. The highest BCUT2D eigenvalue weighted by molar-refractivity contribution is 6.31. The largest absolute Gasteiger partial charge is 0.454 e. The molecule has 1 aliphatic rings. The number of aromatic nitrogens is 4. The second-order valence-electron chi connectivity index (χ2n) is 10.00. The van der Waals surface area contributed by atoms with Gasteiger partial charge in [-0.05, 0) is 82.4 Å². The third-order valence-electron chi connectivity index (χ3n) is 7.15. The van der Waals surface area contributed by atoms with E-state index in [9.17, 15) is 4.79 Å². The number of halogens is 1. The fourth-order valence-electron chi connectivity index (χ4n) is 5.06. The summed E-state index contributed by atoms with van der Waals surface area (Å²) in [5, 5.41) is 13.0. The Balaban J connectivity index is 1.42. The van der Waals surface area contributed by atoms with E-state index in [-0.39, 0.29) is 11.3 Å². The topological polar surface area (TPSA) is 109 Å². The Morgan fingerprint density at radius 2 is 1.89 bits per heavy atom. The molecule has 4 heterocycles.